The lowest BCUT2D eigenvalue weighted by atomic mass is 9.99. The van der Waals surface area contributed by atoms with Crippen LogP contribution in [0.25, 0.3) is 22.4 Å². The summed E-state index contributed by atoms with van der Waals surface area (Å²) in [5, 5.41) is 11.9. The maximum absolute atomic E-state index is 9.57. The molecule has 0 radical (unpaired) electrons. The molecule has 0 aliphatic carbocycles. The third-order valence-electron chi connectivity index (χ3n) is 3.93. The second-order valence-electron chi connectivity index (χ2n) is 5.31. The van der Waals surface area contributed by atoms with E-state index in [9.17, 15) is 5.26 Å². The van der Waals surface area contributed by atoms with Crippen molar-refractivity contribution >= 4 is 22.4 Å². The molecule has 0 atom stereocenters. The SMILES string of the molecule is N#C/C(=C\c1cccc2ccccc12)c1ccc2c(c1)OCO2. The Bertz CT molecular complexity index is 962. The molecule has 3 nitrogen and oxygen atoms in total. The highest BCUT2D eigenvalue weighted by molar-refractivity contribution is 5.98. The van der Waals surface area contributed by atoms with Crippen LogP contribution in [0.4, 0.5) is 0 Å². The molecule has 1 aliphatic rings. The number of rotatable bonds is 2. The number of ether oxygens (including phenoxy) is 2. The zero-order valence-corrected chi connectivity index (χ0v) is 12.3. The van der Waals surface area contributed by atoms with Gasteiger partial charge in [-0.2, -0.15) is 5.26 Å². The van der Waals surface area contributed by atoms with Gasteiger partial charge in [0.15, 0.2) is 11.5 Å². The molecule has 0 saturated carbocycles. The fourth-order valence-corrected chi connectivity index (χ4v) is 2.78. The largest absolute Gasteiger partial charge is 0.454 e. The summed E-state index contributed by atoms with van der Waals surface area (Å²) in [6.07, 6.45) is 1.92. The van der Waals surface area contributed by atoms with Crippen LogP contribution in [0.15, 0.2) is 60.7 Å². The summed E-state index contributed by atoms with van der Waals surface area (Å²) in [5.41, 5.74) is 2.45. The quantitative estimate of drug-likeness (QED) is 0.511. The highest BCUT2D eigenvalue weighted by Crippen LogP contribution is 2.35. The molecule has 110 valence electrons. The zero-order valence-electron chi connectivity index (χ0n) is 12.3. The van der Waals surface area contributed by atoms with E-state index in [-0.39, 0.29) is 6.79 Å². The Hall–Kier alpha value is -3.25. The van der Waals surface area contributed by atoms with E-state index in [1.807, 2.05) is 48.5 Å². The van der Waals surface area contributed by atoms with Gasteiger partial charge in [-0.05, 0) is 46.2 Å². The van der Waals surface area contributed by atoms with E-state index in [1.165, 1.54) is 0 Å². The molecule has 0 fully saturated rings. The first-order valence-electron chi connectivity index (χ1n) is 7.35. The van der Waals surface area contributed by atoms with Crippen LogP contribution in [0.1, 0.15) is 11.1 Å². The van der Waals surface area contributed by atoms with Crippen LogP contribution in [0, 0.1) is 11.3 Å². The van der Waals surface area contributed by atoms with Gasteiger partial charge in [-0.1, -0.05) is 42.5 Å². The van der Waals surface area contributed by atoms with Gasteiger partial charge in [-0.25, -0.2) is 0 Å². The summed E-state index contributed by atoms with van der Waals surface area (Å²) >= 11 is 0. The Morgan fingerprint density at radius 2 is 1.78 bits per heavy atom. The van der Waals surface area contributed by atoms with E-state index in [4.69, 9.17) is 9.47 Å². The Labute approximate surface area is 134 Å². The first kappa shape index (κ1) is 13.4. The number of nitrogens with zero attached hydrogens (tertiary/aromatic N) is 1. The molecule has 0 aromatic heterocycles. The van der Waals surface area contributed by atoms with Crippen molar-refractivity contribution in [3.8, 4) is 17.6 Å². The molecule has 0 amide bonds. The second-order valence-corrected chi connectivity index (χ2v) is 5.31. The number of benzene rings is 3. The molecule has 0 bridgehead atoms. The topological polar surface area (TPSA) is 42.2 Å². The van der Waals surface area contributed by atoms with Gasteiger partial charge in [0, 0.05) is 0 Å². The lowest BCUT2D eigenvalue weighted by Crippen LogP contribution is -1.92. The van der Waals surface area contributed by atoms with Gasteiger partial charge in [0.25, 0.3) is 0 Å². The number of fused-ring (bicyclic) bond motifs is 2. The van der Waals surface area contributed by atoms with Crippen molar-refractivity contribution in [2.75, 3.05) is 6.79 Å². The molecule has 3 aromatic rings. The number of hydrogen-bond donors (Lipinski definition) is 0. The van der Waals surface area contributed by atoms with E-state index < -0.39 is 0 Å². The van der Waals surface area contributed by atoms with Crippen molar-refractivity contribution in [2.24, 2.45) is 0 Å². The fraction of sp³-hybridized carbons (Fsp3) is 0.0500. The minimum Gasteiger partial charge on any atom is -0.454 e. The first-order chi connectivity index (χ1) is 11.3. The molecule has 3 aromatic carbocycles. The van der Waals surface area contributed by atoms with Gasteiger partial charge in [-0.15, -0.1) is 0 Å². The molecule has 0 spiro atoms. The molecular formula is C20H13NO2. The van der Waals surface area contributed by atoms with Crippen molar-refractivity contribution in [2.45, 2.75) is 0 Å². The van der Waals surface area contributed by atoms with E-state index in [0.717, 1.165) is 27.6 Å². The van der Waals surface area contributed by atoms with Gasteiger partial charge >= 0.3 is 0 Å². The van der Waals surface area contributed by atoms with Crippen molar-refractivity contribution in [3.05, 3.63) is 71.8 Å². The van der Waals surface area contributed by atoms with Gasteiger partial charge in [0.2, 0.25) is 6.79 Å². The average Bonchev–Trinajstić information content (AvgIpc) is 3.07. The Morgan fingerprint density at radius 1 is 0.957 bits per heavy atom. The average molecular weight is 299 g/mol. The summed E-state index contributed by atoms with van der Waals surface area (Å²) in [5.74, 6) is 1.40. The van der Waals surface area contributed by atoms with Crippen molar-refractivity contribution in [1.82, 2.24) is 0 Å². The van der Waals surface area contributed by atoms with E-state index in [2.05, 4.69) is 24.3 Å². The zero-order chi connectivity index (χ0) is 15.6. The maximum atomic E-state index is 9.57. The molecule has 0 unspecified atom stereocenters. The smallest absolute Gasteiger partial charge is 0.231 e. The van der Waals surface area contributed by atoms with E-state index >= 15 is 0 Å². The molecule has 0 saturated heterocycles. The van der Waals surface area contributed by atoms with Crippen LogP contribution in [0.5, 0.6) is 11.5 Å². The summed E-state index contributed by atoms with van der Waals surface area (Å²) in [7, 11) is 0. The molecule has 1 heterocycles. The molecule has 4 rings (SSSR count). The number of nitriles is 1. The van der Waals surface area contributed by atoms with E-state index in [1.54, 1.807) is 0 Å². The molecular weight excluding hydrogens is 286 g/mol. The highest BCUT2D eigenvalue weighted by atomic mass is 16.7. The normalized spacial score (nSPS) is 13.1. The van der Waals surface area contributed by atoms with Gasteiger partial charge < -0.3 is 9.47 Å². The molecule has 3 heteroatoms. The maximum Gasteiger partial charge on any atom is 0.231 e. The number of allylic oxidation sites excluding steroid dienone is 1. The lowest BCUT2D eigenvalue weighted by Gasteiger charge is -2.05. The van der Waals surface area contributed by atoms with Crippen molar-refractivity contribution in [3.63, 3.8) is 0 Å². The third-order valence-corrected chi connectivity index (χ3v) is 3.93. The van der Waals surface area contributed by atoms with Gasteiger partial charge in [-0.3, -0.25) is 0 Å². The van der Waals surface area contributed by atoms with E-state index in [0.29, 0.717) is 11.3 Å². The van der Waals surface area contributed by atoms with Crippen molar-refractivity contribution in [1.29, 1.82) is 5.26 Å². The summed E-state index contributed by atoms with van der Waals surface area (Å²) in [4.78, 5) is 0. The second kappa shape index (κ2) is 5.51. The Kier molecular flexibility index (Phi) is 3.21. The van der Waals surface area contributed by atoms with Gasteiger partial charge in [0.1, 0.15) is 0 Å². The third kappa shape index (κ3) is 2.41. The minimum atomic E-state index is 0.230. The van der Waals surface area contributed by atoms with Gasteiger partial charge in [0.05, 0.1) is 11.6 Å². The highest BCUT2D eigenvalue weighted by Gasteiger charge is 2.14. The predicted octanol–water partition coefficient (Wildman–Crippen LogP) is 4.63. The van der Waals surface area contributed by atoms with Crippen LogP contribution >= 0.6 is 0 Å². The fourth-order valence-electron chi connectivity index (χ4n) is 2.78. The monoisotopic (exact) mass is 299 g/mol. The van der Waals surface area contributed by atoms with Crippen LogP contribution < -0.4 is 9.47 Å². The lowest BCUT2D eigenvalue weighted by molar-refractivity contribution is 0.174. The van der Waals surface area contributed by atoms with Crippen molar-refractivity contribution < 1.29 is 9.47 Å². The summed E-state index contributed by atoms with van der Waals surface area (Å²) < 4.78 is 10.7. The minimum absolute atomic E-state index is 0.230. The van der Waals surface area contributed by atoms with Crippen LogP contribution in [0.3, 0.4) is 0 Å². The number of hydrogen-bond acceptors (Lipinski definition) is 3. The van der Waals surface area contributed by atoms with Crippen LogP contribution in [0.2, 0.25) is 0 Å². The summed E-state index contributed by atoms with van der Waals surface area (Å²) in [6, 6.07) is 22.1. The molecule has 23 heavy (non-hydrogen) atoms. The standard InChI is InChI=1S/C20H13NO2/c21-12-17(15-8-9-19-20(11-15)23-13-22-19)10-16-6-3-5-14-4-1-2-7-18(14)16/h1-11H,13H2/b17-10+. The summed E-state index contributed by atoms with van der Waals surface area (Å²) in [6.45, 7) is 0.230. The molecule has 1 aliphatic heterocycles. The Morgan fingerprint density at radius 3 is 2.70 bits per heavy atom. The van der Waals surface area contributed by atoms with Crippen LogP contribution in [-0.4, -0.2) is 6.79 Å². The first-order valence-corrected chi connectivity index (χ1v) is 7.35. The van der Waals surface area contributed by atoms with Crippen LogP contribution in [-0.2, 0) is 0 Å². The predicted molar refractivity (Wildman–Crippen MR) is 90.0 cm³/mol. The Balaban J connectivity index is 1.83. The molecule has 0 N–H and O–H groups in total.